The maximum absolute atomic E-state index is 12.5. The molecule has 2 heterocycles. The maximum Gasteiger partial charge on any atom is 0.237 e. The number of carbonyl (C=O) groups is 2. The fraction of sp³-hybridized carbons (Fsp3) is 0.619. The zero-order valence-corrected chi connectivity index (χ0v) is 16.2. The number of amides is 2. The van der Waals surface area contributed by atoms with E-state index in [1.165, 1.54) is 0 Å². The van der Waals surface area contributed by atoms with Gasteiger partial charge in [-0.1, -0.05) is 30.3 Å². The van der Waals surface area contributed by atoms with Crippen LogP contribution in [0, 0.1) is 5.41 Å². The fourth-order valence-corrected chi connectivity index (χ4v) is 4.32. The van der Waals surface area contributed by atoms with Gasteiger partial charge in [0.2, 0.25) is 11.8 Å². The number of nitrogens with zero attached hydrogens (tertiary/aromatic N) is 2. The fourth-order valence-electron chi connectivity index (χ4n) is 4.32. The van der Waals surface area contributed by atoms with Crippen LogP contribution in [0.1, 0.15) is 38.2 Å². The van der Waals surface area contributed by atoms with Crippen molar-refractivity contribution >= 4 is 11.8 Å². The number of benzene rings is 1. The average Bonchev–Trinajstić information content (AvgIpc) is 2.70. The molecule has 2 N–H and O–H groups in total. The summed E-state index contributed by atoms with van der Waals surface area (Å²) in [4.78, 5) is 28.6. The van der Waals surface area contributed by atoms with Crippen LogP contribution in [-0.2, 0) is 16.1 Å². The molecule has 1 spiro atoms. The Morgan fingerprint density at radius 1 is 1.22 bits per heavy atom. The first-order chi connectivity index (χ1) is 13.0. The lowest BCUT2D eigenvalue weighted by Gasteiger charge is -2.48. The predicted molar refractivity (Wildman–Crippen MR) is 104 cm³/mol. The summed E-state index contributed by atoms with van der Waals surface area (Å²) >= 11 is 0. The van der Waals surface area contributed by atoms with Gasteiger partial charge in [0.25, 0.3) is 0 Å². The van der Waals surface area contributed by atoms with Crippen molar-refractivity contribution in [2.45, 2.75) is 45.2 Å². The Balaban J connectivity index is 1.49. The van der Waals surface area contributed by atoms with Crippen LogP contribution in [0.15, 0.2) is 30.3 Å². The van der Waals surface area contributed by atoms with E-state index in [9.17, 15) is 14.7 Å². The summed E-state index contributed by atoms with van der Waals surface area (Å²) in [6.45, 7) is 5.48. The van der Waals surface area contributed by atoms with Gasteiger partial charge >= 0.3 is 0 Å². The smallest absolute Gasteiger partial charge is 0.237 e. The molecule has 2 aliphatic rings. The number of likely N-dealkylation sites (tertiary alicyclic amines) is 2. The van der Waals surface area contributed by atoms with Gasteiger partial charge in [-0.15, -0.1) is 0 Å². The Hall–Kier alpha value is -1.92. The molecule has 0 aliphatic carbocycles. The van der Waals surface area contributed by atoms with Gasteiger partial charge in [0.1, 0.15) is 0 Å². The molecular weight excluding hydrogens is 342 g/mol. The van der Waals surface area contributed by atoms with Crippen LogP contribution in [0.25, 0.3) is 0 Å². The van der Waals surface area contributed by atoms with Crippen molar-refractivity contribution < 1.29 is 14.7 Å². The molecular formula is C21H31N3O3. The predicted octanol–water partition coefficient (Wildman–Crippen LogP) is 1.39. The number of carbonyl (C=O) groups excluding carboxylic acids is 2. The van der Waals surface area contributed by atoms with Crippen LogP contribution >= 0.6 is 0 Å². The molecule has 6 heteroatoms. The summed E-state index contributed by atoms with van der Waals surface area (Å²) in [5, 5.41) is 12.2. The lowest BCUT2D eigenvalue weighted by atomic mass is 9.72. The summed E-state index contributed by atoms with van der Waals surface area (Å²) < 4.78 is 0. The molecule has 2 aliphatic heterocycles. The van der Waals surface area contributed by atoms with Crippen molar-refractivity contribution in [3.63, 3.8) is 0 Å². The molecule has 2 amide bonds. The van der Waals surface area contributed by atoms with E-state index in [2.05, 4.69) is 10.2 Å². The Labute approximate surface area is 161 Å². The number of rotatable bonds is 6. The molecule has 0 aromatic heterocycles. The van der Waals surface area contributed by atoms with Gasteiger partial charge in [-0.2, -0.15) is 0 Å². The highest BCUT2D eigenvalue weighted by atomic mass is 16.3. The molecule has 148 valence electrons. The number of hydrogen-bond donors (Lipinski definition) is 2. The molecule has 1 aromatic carbocycles. The standard InChI is InChI=1S/C21H31N3O3/c1-17(20(27)22-15-18-5-3-2-4-6-18)23-11-9-21(10-12-23)8-7-19(26)24(16-21)13-14-25/h2-6,17,25H,7-16H2,1H3,(H,22,27)/t17-/m1/s1. The molecule has 0 bridgehead atoms. The third-order valence-corrected chi connectivity index (χ3v) is 6.21. The average molecular weight is 373 g/mol. The third kappa shape index (κ3) is 4.87. The van der Waals surface area contributed by atoms with Gasteiger partial charge in [-0.3, -0.25) is 14.5 Å². The topological polar surface area (TPSA) is 72.9 Å². The zero-order valence-electron chi connectivity index (χ0n) is 16.2. The number of aliphatic hydroxyl groups is 1. The number of aliphatic hydroxyl groups excluding tert-OH is 1. The quantitative estimate of drug-likeness (QED) is 0.790. The number of nitrogens with one attached hydrogen (secondary N) is 1. The second-order valence-corrected chi connectivity index (χ2v) is 7.95. The number of hydrogen-bond acceptors (Lipinski definition) is 4. The van der Waals surface area contributed by atoms with Gasteiger partial charge in [0.15, 0.2) is 0 Å². The Kier molecular flexibility index (Phi) is 6.50. The van der Waals surface area contributed by atoms with E-state index in [4.69, 9.17) is 0 Å². The molecule has 3 rings (SSSR count). The molecule has 27 heavy (non-hydrogen) atoms. The first kappa shape index (κ1) is 19.8. The van der Waals surface area contributed by atoms with E-state index < -0.39 is 0 Å². The summed E-state index contributed by atoms with van der Waals surface area (Å²) in [6, 6.07) is 9.80. The largest absolute Gasteiger partial charge is 0.395 e. The minimum atomic E-state index is -0.148. The molecule has 0 unspecified atom stereocenters. The second-order valence-electron chi connectivity index (χ2n) is 7.95. The first-order valence-electron chi connectivity index (χ1n) is 9.97. The number of piperidine rings is 2. The highest BCUT2D eigenvalue weighted by Crippen LogP contribution is 2.40. The van der Waals surface area contributed by atoms with Crippen LogP contribution in [0.4, 0.5) is 0 Å². The lowest BCUT2D eigenvalue weighted by Crippen LogP contribution is -2.55. The van der Waals surface area contributed by atoms with Crippen molar-refractivity contribution in [1.82, 2.24) is 15.1 Å². The Morgan fingerprint density at radius 3 is 2.59 bits per heavy atom. The van der Waals surface area contributed by atoms with Gasteiger partial charge in [0.05, 0.1) is 12.6 Å². The summed E-state index contributed by atoms with van der Waals surface area (Å²) in [7, 11) is 0. The van der Waals surface area contributed by atoms with Gasteiger partial charge in [-0.05, 0) is 50.3 Å². The monoisotopic (exact) mass is 373 g/mol. The van der Waals surface area contributed by atoms with Gasteiger partial charge in [0, 0.05) is 26.1 Å². The van der Waals surface area contributed by atoms with Crippen LogP contribution < -0.4 is 5.32 Å². The van der Waals surface area contributed by atoms with Crippen LogP contribution in [-0.4, -0.2) is 65.5 Å². The molecule has 1 aromatic rings. The summed E-state index contributed by atoms with van der Waals surface area (Å²) in [5.74, 6) is 0.223. The SMILES string of the molecule is C[C@H](C(=O)NCc1ccccc1)N1CCC2(CCC(=O)N(CCO)C2)CC1. The summed E-state index contributed by atoms with van der Waals surface area (Å²) in [5.41, 5.74) is 1.26. The summed E-state index contributed by atoms with van der Waals surface area (Å²) in [6.07, 6.45) is 3.50. The van der Waals surface area contributed by atoms with Crippen molar-refractivity contribution in [3.8, 4) is 0 Å². The van der Waals surface area contributed by atoms with E-state index in [-0.39, 0.29) is 29.9 Å². The zero-order chi connectivity index (χ0) is 19.3. The first-order valence-corrected chi connectivity index (χ1v) is 9.97. The van der Waals surface area contributed by atoms with Crippen molar-refractivity contribution in [3.05, 3.63) is 35.9 Å². The third-order valence-electron chi connectivity index (χ3n) is 6.21. The molecule has 0 saturated carbocycles. The normalized spacial score (nSPS) is 21.3. The van der Waals surface area contributed by atoms with E-state index in [0.717, 1.165) is 44.5 Å². The molecule has 0 radical (unpaired) electrons. The minimum Gasteiger partial charge on any atom is -0.395 e. The van der Waals surface area contributed by atoms with Crippen LogP contribution in [0.3, 0.4) is 0 Å². The molecule has 6 nitrogen and oxygen atoms in total. The highest BCUT2D eigenvalue weighted by molar-refractivity contribution is 5.81. The van der Waals surface area contributed by atoms with Crippen molar-refractivity contribution in [2.24, 2.45) is 5.41 Å². The maximum atomic E-state index is 12.5. The number of β-amino-alcohol motifs (C(OH)–C–C–N with tert-alkyl or cyclic N) is 1. The lowest BCUT2D eigenvalue weighted by molar-refractivity contribution is -0.140. The van der Waals surface area contributed by atoms with E-state index in [1.54, 1.807) is 0 Å². The Bertz CT molecular complexity index is 641. The van der Waals surface area contributed by atoms with E-state index >= 15 is 0 Å². The minimum absolute atomic E-state index is 0.0204. The molecule has 2 saturated heterocycles. The molecule has 1 atom stereocenters. The second kappa shape index (κ2) is 8.85. The van der Waals surface area contributed by atoms with Gasteiger partial charge in [-0.25, -0.2) is 0 Å². The van der Waals surface area contributed by atoms with E-state index in [1.807, 2.05) is 42.2 Å². The Morgan fingerprint density at radius 2 is 1.93 bits per heavy atom. The highest BCUT2D eigenvalue weighted by Gasteiger charge is 2.41. The van der Waals surface area contributed by atoms with Crippen LogP contribution in [0.5, 0.6) is 0 Å². The van der Waals surface area contributed by atoms with Crippen LogP contribution in [0.2, 0.25) is 0 Å². The van der Waals surface area contributed by atoms with Crippen molar-refractivity contribution in [2.75, 3.05) is 32.8 Å². The molecule has 2 fully saturated rings. The van der Waals surface area contributed by atoms with Gasteiger partial charge < -0.3 is 15.3 Å². The van der Waals surface area contributed by atoms with E-state index in [0.29, 0.717) is 19.5 Å². The van der Waals surface area contributed by atoms with Crippen molar-refractivity contribution in [1.29, 1.82) is 0 Å².